The van der Waals surface area contributed by atoms with Crippen LogP contribution in [0.2, 0.25) is 0 Å². The first kappa shape index (κ1) is 13.5. The Morgan fingerprint density at radius 2 is 2.26 bits per heavy atom. The van der Waals surface area contributed by atoms with E-state index in [1.54, 1.807) is 6.92 Å². The zero-order valence-corrected chi connectivity index (χ0v) is 11.0. The van der Waals surface area contributed by atoms with Crippen LogP contribution in [0.25, 0.3) is 0 Å². The highest BCUT2D eigenvalue weighted by Gasteiger charge is 2.28. The molecule has 0 bridgehead atoms. The number of hydrogen-bond donors (Lipinski definition) is 1. The highest BCUT2D eigenvalue weighted by molar-refractivity contribution is 5.74. The number of rotatable bonds is 4. The van der Waals surface area contributed by atoms with Crippen LogP contribution >= 0.6 is 0 Å². The number of carboxylic acids is 1. The second-order valence-electron chi connectivity index (χ2n) is 4.82. The normalized spacial score (nSPS) is 18.6. The highest BCUT2D eigenvalue weighted by Crippen LogP contribution is 2.30. The van der Waals surface area contributed by atoms with Crippen molar-refractivity contribution in [3.8, 4) is 0 Å². The number of carboxylic acid groups (broad SMARTS) is 1. The largest absolute Gasteiger partial charge is 0.481 e. The Morgan fingerprint density at radius 3 is 2.95 bits per heavy atom. The number of nitrogens with zero attached hydrogens (tertiary/aromatic N) is 2. The van der Waals surface area contributed by atoms with Gasteiger partial charge in [0.05, 0.1) is 18.2 Å². The van der Waals surface area contributed by atoms with E-state index < -0.39 is 5.97 Å². The van der Waals surface area contributed by atoms with Crippen LogP contribution in [-0.2, 0) is 16.0 Å². The highest BCUT2D eigenvalue weighted by atomic mass is 16.4. The van der Waals surface area contributed by atoms with E-state index >= 15 is 0 Å². The summed E-state index contributed by atoms with van der Waals surface area (Å²) >= 11 is 0. The molecule has 1 fully saturated rings. The van der Waals surface area contributed by atoms with Crippen LogP contribution in [0.1, 0.15) is 43.6 Å². The van der Waals surface area contributed by atoms with E-state index in [9.17, 15) is 9.59 Å². The number of hydrogen-bond acceptors (Lipinski definition) is 3. The summed E-state index contributed by atoms with van der Waals surface area (Å²) in [5.41, 5.74) is 1.64. The molecule has 0 radical (unpaired) electrons. The lowest BCUT2D eigenvalue weighted by Crippen LogP contribution is -2.28. The van der Waals surface area contributed by atoms with Gasteiger partial charge in [0, 0.05) is 25.6 Å². The van der Waals surface area contributed by atoms with Crippen LogP contribution in [0.3, 0.4) is 0 Å². The fourth-order valence-electron chi connectivity index (χ4n) is 2.51. The Hall–Kier alpha value is -1.91. The van der Waals surface area contributed by atoms with Gasteiger partial charge in [-0.25, -0.2) is 0 Å². The second-order valence-corrected chi connectivity index (χ2v) is 4.82. The fraction of sp³-hybridized carbons (Fsp3) is 0.500. The number of aliphatic carboxylic acids is 1. The molecule has 1 unspecified atom stereocenters. The van der Waals surface area contributed by atoms with Crippen molar-refractivity contribution < 1.29 is 14.7 Å². The van der Waals surface area contributed by atoms with Gasteiger partial charge in [-0.2, -0.15) is 0 Å². The maximum Gasteiger partial charge on any atom is 0.303 e. The van der Waals surface area contributed by atoms with Gasteiger partial charge in [0.25, 0.3) is 0 Å². The van der Waals surface area contributed by atoms with E-state index in [0.29, 0.717) is 6.42 Å². The summed E-state index contributed by atoms with van der Waals surface area (Å²) in [6.45, 7) is 2.35. The third-order valence-electron chi connectivity index (χ3n) is 3.42. The molecule has 0 aliphatic carbocycles. The molecule has 19 heavy (non-hydrogen) atoms. The average Bonchev–Trinajstić information content (AvgIpc) is 2.86. The van der Waals surface area contributed by atoms with Crippen LogP contribution in [-0.4, -0.2) is 33.4 Å². The average molecular weight is 262 g/mol. The van der Waals surface area contributed by atoms with Crippen molar-refractivity contribution in [3.63, 3.8) is 0 Å². The zero-order valence-electron chi connectivity index (χ0n) is 11.0. The van der Waals surface area contributed by atoms with E-state index in [2.05, 4.69) is 4.98 Å². The van der Waals surface area contributed by atoms with E-state index in [1.807, 2.05) is 23.1 Å². The van der Waals surface area contributed by atoms with Crippen LogP contribution in [0.15, 0.2) is 18.2 Å². The monoisotopic (exact) mass is 262 g/mol. The standard InChI is InChI=1S/C14H18N2O3/c1-10(17)16-9-3-6-13(16)12-5-2-4-11(15-12)7-8-14(18)19/h2,4-5,13H,3,6-9H2,1H3,(H,18,19). The van der Waals surface area contributed by atoms with E-state index in [-0.39, 0.29) is 18.4 Å². The quantitative estimate of drug-likeness (QED) is 0.898. The second kappa shape index (κ2) is 5.82. The summed E-state index contributed by atoms with van der Waals surface area (Å²) in [6.07, 6.45) is 2.42. The number of aromatic nitrogens is 1. The summed E-state index contributed by atoms with van der Waals surface area (Å²) in [4.78, 5) is 28.5. The van der Waals surface area contributed by atoms with Gasteiger partial charge < -0.3 is 10.0 Å². The molecule has 5 nitrogen and oxygen atoms in total. The summed E-state index contributed by atoms with van der Waals surface area (Å²) in [5.74, 6) is -0.751. The number of likely N-dealkylation sites (tertiary alicyclic amines) is 1. The number of carbonyl (C=O) groups is 2. The Bertz CT molecular complexity index is 487. The van der Waals surface area contributed by atoms with Gasteiger partial charge in [0.1, 0.15) is 0 Å². The van der Waals surface area contributed by atoms with Crippen molar-refractivity contribution in [1.29, 1.82) is 0 Å². The predicted octanol–water partition coefficient (Wildman–Crippen LogP) is 1.78. The third kappa shape index (κ3) is 3.30. The molecular formula is C14H18N2O3. The predicted molar refractivity (Wildman–Crippen MR) is 69.6 cm³/mol. The Balaban J connectivity index is 2.13. The van der Waals surface area contributed by atoms with Crippen molar-refractivity contribution in [1.82, 2.24) is 9.88 Å². The SMILES string of the molecule is CC(=O)N1CCCC1c1cccc(CCC(=O)O)n1. The Kier molecular flexibility index (Phi) is 4.14. The molecule has 1 aliphatic heterocycles. The molecule has 0 spiro atoms. The molecule has 1 aromatic rings. The van der Waals surface area contributed by atoms with Crippen LogP contribution in [0.5, 0.6) is 0 Å². The summed E-state index contributed by atoms with van der Waals surface area (Å²) in [5, 5.41) is 8.69. The molecule has 5 heteroatoms. The number of carbonyl (C=O) groups excluding carboxylic acids is 1. The first-order chi connectivity index (χ1) is 9.08. The van der Waals surface area contributed by atoms with Gasteiger partial charge in [-0.3, -0.25) is 14.6 Å². The molecule has 1 amide bonds. The zero-order chi connectivity index (χ0) is 13.8. The summed E-state index contributed by atoms with van der Waals surface area (Å²) in [6, 6.07) is 5.67. The van der Waals surface area contributed by atoms with Crippen LogP contribution < -0.4 is 0 Å². The lowest BCUT2D eigenvalue weighted by molar-refractivity contribution is -0.137. The number of pyridine rings is 1. The van der Waals surface area contributed by atoms with Crippen molar-refractivity contribution in [2.75, 3.05) is 6.54 Å². The minimum Gasteiger partial charge on any atom is -0.481 e. The molecule has 0 saturated carbocycles. The Morgan fingerprint density at radius 1 is 1.47 bits per heavy atom. The maximum atomic E-state index is 11.6. The number of amides is 1. The van der Waals surface area contributed by atoms with Crippen molar-refractivity contribution in [2.45, 2.75) is 38.6 Å². The van der Waals surface area contributed by atoms with E-state index in [4.69, 9.17) is 5.11 Å². The molecule has 1 aromatic heterocycles. The van der Waals surface area contributed by atoms with Crippen molar-refractivity contribution in [2.24, 2.45) is 0 Å². The maximum absolute atomic E-state index is 11.6. The molecule has 1 saturated heterocycles. The van der Waals surface area contributed by atoms with Crippen molar-refractivity contribution >= 4 is 11.9 Å². The van der Waals surface area contributed by atoms with Gasteiger partial charge in [0.2, 0.25) is 5.91 Å². The Labute approximate surface area is 112 Å². The smallest absolute Gasteiger partial charge is 0.303 e. The molecule has 2 rings (SSSR count). The minimum atomic E-state index is -0.821. The van der Waals surface area contributed by atoms with Crippen LogP contribution in [0.4, 0.5) is 0 Å². The lowest BCUT2D eigenvalue weighted by atomic mass is 10.1. The van der Waals surface area contributed by atoms with Gasteiger partial charge in [0.15, 0.2) is 0 Å². The topological polar surface area (TPSA) is 70.5 Å². The first-order valence-corrected chi connectivity index (χ1v) is 6.53. The molecule has 102 valence electrons. The van der Waals surface area contributed by atoms with E-state index in [1.165, 1.54) is 0 Å². The molecular weight excluding hydrogens is 244 g/mol. The minimum absolute atomic E-state index is 0.0438. The summed E-state index contributed by atoms with van der Waals surface area (Å²) < 4.78 is 0. The molecule has 0 aromatic carbocycles. The molecule has 1 atom stereocenters. The van der Waals surface area contributed by atoms with Crippen molar-refractivity contribution in [3.05, 3.63) is 29.6 Å². The lowest BCUT2D eigenvalue weighted by Gasteiger charge is -2.23. The first-order valence-electron chi connectivity index (χ1n) is 6.53. The van der Waals surface area contributed by atoms with Gasteiger partial charge in [-0.15, -0.1) is 0 Å². The fourth-order valence-corrected chi connectivity index (χ4v) is 2.51. The summed E-state index contributed by atoms with van der Waals surface area (Å²) in [7, 11) is 0. The van der Waals surface area contributed by atoms with E-state index in [0.717, 1.165) is 30.8 Å². The molecule has 2 heterocycles. The third-order valence-corrected chi connectivity index (χ3v) is 3.42. The van der Waals surface area contributed by atoms with Crippen LogP contribution in [0, 0.1) is 0 Å². The van der Waals surface area contributed by atoms with Gasteiger partial charge in [-0.05, 0) is 25.0 Å². The molecule has 1 N–H and O–H groups in total. The van der Waals surface area contributed by atoms with Gasteiger partial charge in [-0.1, -0.05) is 6.07 Å². The number of aryl methyl sites for hydroxylation is 1. The molecule has 1 aliphatic rings. The van der Waals surface area contributed by atoms with Gasteiger partial charge >= 0.3 is 5.97 Å².